The molecule has 8 nitrogen and oxygen atoms in total. The van der Waals surface area contributed by atoms with Crippen LogP contribution < -0.4 is 14.4 Å². The van der Waals surface area contributed by atoms with E-state index in [-0.39, 0.29) is 5.91 Å². The predicted molar refractivity (Wildman–Crippen MR) is 111 cm³/mol. The van der Waals surface area contributed by atoms with Crippen molar-refractivity contribution in [3.05, 3.63) is 54.1 Å². The summed E-state index contributed by atoms with van der Waals surface area (Å²) in [5.74, 6) is -0.434. The molecule has 0 saturated carbocycles. The molecular formula is C20H24N2O6S. The SMILES string of the molecule is CCC(Oc1ccc(N(C)S(C)(=O)=O)cc1)C(=O)Nc1cccc(C(=O)OC)c1. The van der Waals surface area contributed by atoms with E-state index in [1.54, 1.807) is 49.4 Å². The highest BCUT2D eigenvalue weighted by Crippen LogP contribution is 2.22. The number of ether oxygens (including phenoxy) is 2. The summed E-state index contributed by atoms with van der Waals surface area (Å²) in [5.41, 5.74) is 1.26. The van der Waals surface area contributed by atoms with Crippen LogP contribution in [0.3, 0.4) is 0 Å². The van der Waals surface area contributed by atoms with Crippen LogP contribution in [0.4, 0.5) is 11.4 Å². The Morgan fingerprint density at radius 3 is 2.34 bits per heavy atom. The summed E-state index contributed by atoms with van der Waals surface area (Å²) in [5, 5.41) is 2.72. The fourth-order valence-electron chi connectivity index (χ4n) is 2.48. The van der Waals surface area contributed by atoms with Gasteiger partial charge in [-0.15, -0.1) is 0 Å². The number of amides is 1. The topological polar surface area (TPSA) is 102 Å². The van der Waals surface area contributed by atoms with Gasteiger partial charge in [0.1, 0.15) is 5.75 Å². The van der Waals surface area contributed by atoms with Crippen molar-refractivity contribution < 1.29 is 27.5 Å². The molecule has 0 spiro atoms. The summed E-state index contributed by atoms with van der Waals surface area (Å²) in [6, 6.07) is 12.8. The van der Waals surface area contributed by atoms with E-state index in [0.717, 1.165) is 10.6 Å². The molecule has 0 radical (unpaired) electrons. The molecule has 156 valence electrons. The number of nitrogens with one attached hydrogen (secondary N) is 1. The number of rotatable bonds is 8. The van der Waals surface area contributed by atoms with Gasteiger partial charge in [-0.25, -0.2) is 13.2 Å². The van der Waals surface area contributed by atoms with Crippen molar-refractivity contribution in [2.24, 2.45) is 0 Å². The van der Waals surface area contributed by atoms with Gasteiger partial charge in [0.2, 0.25) is 10.0 Å². The third kappa shape index (κ3) is 5.95. The minimum atomic E-state index is -3.36. The third-order valence-corrected chi connectivity index (χ3v) is 5.40. The van der Waals surface area contributed by atoms with Crippen molar-refractivity contribution in [2.75, 3.05) is 30.0 Å². The van der Waals surface area contributed by atoms with Gasteiger partial charge >= 0.3 is 5.97 Å². The maximum atomic E-state index is 12.6. The molecule has 2 aromatic carbocycles. The number of benzene rings is 2. The highest BCUT2D eigenvalue weighted by molar-refractivity contribution is 7.92. The number of carbonyl (C=O) groups excluding carboxylic acids is 2. The van der Waals surface area contributed by atoms with Crippen LogP contribution in [0.5, 0.6) is 5.75 Å². The third-order valence-electron chi connectivity index (χ3n) is 4.19. The van der Waals surface area contributed by atoms with Gasteiger partial charge < -0.3 is 14.8 Å². The molecule has 0 aromatic heterocycles. The summed E-state index contributed by atoms with van der Waals surface area (Å²) < 4.78 is 34.8. The van der Waals surface area contributed by atoms with Crippen LogP contribution in [0.1, 0.15) is 23.7 Å². The molecule has 0 saturated heterocycles. The molecule has 29 heavy (non-hydrogen) atoms. The smallest absolute Gasteiger partial charge is 0.337 e. The van der Waals surface area contributed by atoms with Crippen molar-refractivity contribution in [2.45, 2.75) is 19.4 Å². The first-order valence-electron chi connectivity index (χ1n) is 8.85. The second-order valence-electron chi connectivity index (χ2n) is 6.30. The second-order valence-corrected chi connectivity index (χ2v) is 8.31. The number of hydrogen-bond acceptors (Lipinski definition) is 6. The Morgan fingerprint density at radius 1 is 1.14 bits per heavy atom. The molecule has 0 aliphatic carbocycles. The zero-order chi connectivity index (χ0) is 21.6. The zero-order valence-electron chi connectivity index (χ0n) is 16.7. The fraction of sp³-hybridized carbons (Fsp3) is 0.300. The number of sulfonamides is 1. The summed E-state index contributed by atoms with van der Waals surface area (Å²) in [7, 11) is -0.621. The molecule has 1 unspecified atom stereocenters. The monoisotopic (exact) mass is 420 g/mol. The van der Waals surface area contributed by atoms with Crippen molar-refractivity contribution in [3.8, 4) is 5.75 Å². The highest BCUT2D eigenvalue weighted by atomic mass is 32.2. The lowest BCUT2D eigenvalue weighted by atomic mass is 10.2. The number of hydrogen-bond donors (Lipinski definition) is 1. The maximum absolute atomic E-state index is 12.6. The summed E-state index contributed by atoms with van der Waals surface area (Å²) in [4.78, 5) is 24.2. The van der Waals surface area contributed by atoms with Crippen molar-refractivity contribution in [1.29, 1.82) is 0 Å². The van der Waals surface area contributed by atoms with Gasteiger partial charge in [-0.1, -0.05) is 13.0 Å². The molecule has 2 rings (SSSR count). The van der Waals surface area contributed by atoms with E-state index in [4.69, 9.17) is 4.74 Å². The van der Waals surface area contributed by atoms with Crippen LogP contribution in [0.25, 0.3) is 0 Å². The molecule has 2 aromatic rings. The molecular weight excluding hydrogens is 396 g/mol. The molecule has 0 aliphatic rings. The van der Waals surface area contributed by atoms with Crippen molar-refractivity contribution >= 4 is 33.3 Å². The molecule has 9 heteroatoms. The van der Waals surface area contributed by atoms with E-state index in [9.17, 15) is 18.0 Å². The summed E-state index contributed by atoms with van der Waals surface area (Å²) in [6.45, 7) is 1.81. The number of methoxy groups -OCH3 is 1. The summed E-state index contributed by atoms with van der Waals surface area (Å²) in [6.07, 6.45) is 0.757. The maximum Gasteiger partial charge on any atom is 0.337 e. The lowest BCUT2D eigenvalue weighted by Crippen LogP contribution is -2.32. The Morgan fingerprint density at radius 2 is 1.79 bits per heavy atom. The normalized spacial score (nSPS) is 12.0. The highest BCUT2D eigenvalue weighted by Gasteiger charge is 2.20. The van der Waals surface area contributed by atoms with E-state index in [1.807, 2.05) is 0 Å². The van der Waals surface area contributed by atoms with Crippen LogP contribution in [0, 0.1) is 0 Å². The van der Waals surface area contributed by atoms with E-state index in [1.165, 1.54) is 20.2 Å². The molecule has 1 N–H and O–H groups in total. The first-order valence-corrected chi connectivity index (χ1v) is 10.7. The number of carbonyl (C=O) groups is 2. The van der Waals surface area contributed by atoms with Crippen molar-refractivity contribution in [1.82, 2.24) is 0 Å². The van der Waals surface area contributed by atoms with Crippen LogP contribution in [-0.2, 0) is 19.6 Å². The Hall–Kier alpha value is -3.07. The standard InChI is InChI=1S/C20H24N2O6S/c1-5-18(19(23)21-15-8-6-7-14(13-15)20(24)27-3)28-17-11-9-16(10-12-17)22(2)29(4,25)26/h6-13,18H,5H2,1-4H3,(H,21,23). The molecule has 1 amide bonds. The van der Waals surface area contributed by atoms with Gasteiger partial charge in [-0.2, -0.15) is 0 Å². The van der Waals surface area contributed by atoms with Gasteiger partial charge in [0, 0.05) is 12.7 Å². The van der Waals surface area contributed by atoms with Crippen LogP contribution >= 0.6 is 0 Å². The number of nitrogens with zero attached hydrogens (tertiary/aromatic N) is 1. The van der Waals surface area contributed by atoms with Gasteiger partial charge in [0.15, 0.2) is 6.10 Å². The van der Waals surface area contributed by atoms with E-state index < -0.39 is 22.1 Å². The van der Waals surface area contributed by atoms with Gasteiger partial charge in [0.05, 0.1) is 24.6 Å². The summed E-state index contributed by atoms with van der Waals surface area (Å²) >= 11 is 0. The van der Waals surface area contributed by atoms with Gasteiger partial charge in [-0.3, -0.25) is 9.10 Å². The average molecular weight is 420 g/mol. The van der Waals surface area contributed by atoms with Crippen LogP contribution in [0.2, 0.25) is 0 Å². The van der Waals surface area contributed by atoms with Crippen LogP contribution in [-0.4, -0.2) is 46.8 Å². The minimum absolute atomic E-state index is 0.324. The molecule has 0 fully saturated rings. The van der Waals surface area contributed by atoms with Gasteiger partial charge in [0.25, 0.3) is 5.91 Å². The molecule has 0 heterocycles. The lowest BCUT2D eigenvalue weighted by molar-refractivity contribution is -0.122. The zero-order valence-corrected chi connectivity index (χ0v) is 17.5. The predicted octanol–water partition coefficient (Wildman–Crippen LogP) is 2.67. The first kappa shape index (κ1) is 22.2. The fourth-order valence-corrected chi connectivity index (χ4v) is 2.98. The first-order chi connectivity index (χ1) is 13.7. The van der Waals surface area contributed by atoms with E-state index >= 15 is 0 Å². The number of esters is 1. The second kappa shape index (κ2) is 9.42. The van der Waals surface area contributed by atoms with Crippen LogP contribution in [0.15, 0.2) is 48.5 Å². The largest absolute Gasteiger partial charge is 0.481 e. The quantitative estimate of drug-likeness (QED) is 0.659. The van der Waals surface area contributed by atoms with E-state index in [2.05, 4.69) is 10.1 Å². The molecule has 0 bridgehead atoms. The molecule has 0 aliphatic heterocycles. The molecule has 1 atom stereocenters. The number of anilines is 2. The van der Waals surface area contributed by atoms with Crippen molar-refractivity contribution in [3.63, 3.8) is 0 Å². The Balaban J connectivity index is 2.08. The van der Waals surface area contributed by atoms with E-state index in [0.29, 0.717) is 29.1 Å². The van der Waals surface area contributed by atoms with Gasteiger partial charge in [-0.05, 0) is 48.9 Å². The lowest BCUT2D eigenvalue weighted by Gasteiger charge is -2.19. The minimum Gasteiger partial charge on any atom is -0.481 e. The Labute approximate surface area is 170 Å². The Bertz CT molecular complexity index is 973. The Kier molecular flexibility index (Phi) is 7.22. The average Bonchev–Trinajstić information content (AvgIpc) is 2.70.